The van der Waals surface area contributed by atoms with Crippen LogP contribution in [-0.2, 0) is 0 Å². The molecule has 0 fully saturated rings. The lowest BCUT2D eigenvalue weighted by molar-refractivity contribution is 0.873. The minimum absolute atomic E-state index is 0.242. The van der Waals surface area contributed by atoms with Crippen molar-refractivity contribution in [2.24, 2.45) is 0 Å². The summed E-state index contributed by atoms with van der Waals surface area (Å²) < 4.78 is 1.09. The van der Waals surface area contributed by atoms with E-state index in [2.05, 4.69) is 50.5 Å². The normalized spacial score (nSPS) is 12.4. The molecule has 3 nitrogen and oxygen atoms in total. The molecule has 0 aliphatic carbocycles. The van der Waals surface area contributed by atoms with Gasteiger partial charge >= 0.3 is 0 Å². The minimum Gasteiger partial charge on any atom is -0.354 e. The van der Waals surface area contributed by atoms with Crippen molar-refractivity contribution in [1.29, 1.82) is 0 Å². The molecule has 1 heterocycles. The zero-order valence-corrected chi connectivity index (χ0v) is 10.5. The van der Waals surface area contributed by atoms with E-state index in [0.29, 0.717) is 0 Å². The van der Waals surface area contributed by atoms with Gasteiger partial charge in [-0.3, -0.25) is 0 Å². The summed E-state index contributed by atoms with van der Waals surface area (Å²) in [4.78, 5) is 0. The van der Waals surface area contributed by atoms with Crippen LogP contribution in [0.25, 0.3) is 0 Å². The number of hydrogen-bond donors (Lipinski definition) is 1. The van der Waals surface area contributed by atoms with Crippen LogP contribution in [0.4, 0.5) is 5.13 Å². The molecule has 5 heteroatoms. The molecule has 0 radical (unpaired) electrons. The van der Waals surface area contributed by atoms with Crippen LogP contribution in [-0.4, -0.2) is 10.2 Å². The second-order valence-electron chi connectivity index (χ2n) is 3.16. The Morgan fingerprint density at radius 2 is 2.07 bits per heavy atom. The predicted molar refractivity (Wildman–Crippen MR) is 66.1 cm³/mol. The van der Waals surface area contributed by atoms with Gasteiger partial charge in [0.15, 0.2) is 0 Å². The van der Waals surface area contributed by atoms with Gasteiger partial charge in [-0.1, -0.05) is 39.4 Å². The van der Waals surface area contributed by atoms with Gasteiger partial charge in [0, 0.05) is 4.47 Å². The fraction of sp³-hybridized carbons (Fsp3) is 0.200. The molecule has 0 aliphatic heterocycles. The van der Waals surface area contributed by atoms with E-state index >= 15 is 0 Å². The molecular formula is C10H10BrN3S. The summed E-state index contributed by atoms with van der Waals surface area (Å²) in [6.45, 7) is 2.10. The third kappa shape index (κ3) is 2.76. The molecule has 15 heavy (non-hydrogen) atoms. The summed E-state index contributed by atoms with van der Waals surface area (Å²) in [5, 5.41) is 11.9. The highest BCUT2D eigenvalue weighted by molar-refractivity contribution is 9.10. The van der Waals surface area contributed by atoms with E-state index in [1.807, 2.05) is 12.1 Å². The van der Waals surface area contributed by atoms with E-state index in [-0.39, 0.29) is 6.04 Å². The fourth-order valence-electron chi connectivity index (χ4n) is 1.26. The van der Waals surface area contributed by atoms with E-state index in [0.717, 1.165) is 9.60 Å². The van der Waals surface area contributed by atoms with Crippen LogP contribution in [0.5, 0.6) is 0 Å². The first-order chi connectivity index (χ1) is 7.25. The topological polar surface area (TPSA) is 37.8 Å². The monoisotopic (exact) mass is 283 g/mol. The molecule has 1 aromatic heterocycles. The van der Waals surface area contributed by atoms with Gasteiger partial charge in [0.2, 0.25) is 5.13 Å². The SMILES string of the molecule is CC(Nc1nncs1)c1ccc(Br)cc1. The van der Waals surface area contributed by atoms with Gasteiger partial charge < -0.3 is 5.32 Å². The molecule has 1 N–H and O–H groups in total. The van der Waals surface area contributed by atoms with Crippen LogP contribution in [0.3, 0.4) is 0 Å². The molecule has 1 aromatic carbocycles. The third-order valence-electron chi connectivity index (χ3n) is 2.07. The van der Waals surface area contributed by atoms with Crippen LogP contribution < -0.4 is 5.32 Å². The Labute approximate surface area is 101 Å². The number of halogens is 1. The summed E-state index contributed by atoms with van der Waals surface area (Å²) >= 11 is 4.92. The first-order valence-electron chi connectivity index (χ1n) is 4.54. The molecule has 2 aromatic rings. The summed E-state index contributed by atoms with van der Waals surface area (Å²) in [5.74, 6) is 0. The maximum atomic E-state index is 3.95. The number of hydrogen-bond acceptors (Lipinski definition) is 4. The molecule has 78 valence electrons. The quantitative estimate of drug-likeness (QED) is 0.937. The molecule has 0 amide bonds. The summed E-state index contributed by atoms with van der Waals surface area (Å²) in [6.07, 6.45) is 0. The first-order valence-corrected chi connectivity index (χ1v) is 6.21. The smallest absolute Gasteiger partial charge is 0.205 e. The van der Waals surface area contributed by atoms with Crippen LogP contribution in [0.15, 0.2) is 34.2 Å². The zero-order valence-electron chi connectivity index (χ0n) is 8.14. The summed E-state index contributed by atoms with van der Waals surface area (Å²) in [7, 11) is 0. The minimum atomic E-state index is 0.242. The lowest BCUT2D eigenvalue weighted by Gasteiger charge is -2.12. The Balaban J connectivity index is 2.08. The lowest BCUT2D eigenvalue weighted by atomic mass is 10.1. The maximum absolute atomic E-state index is 3.95. The van der Waals surface area contributed by atoms with Gasteiger partial charge in [-0.05, 0) is 24.6 Å². The maximum Gasteiger partial charge on any atom is 0.205 e. The first kappa shape index (κ1) is 10.6. The average Bonchev–Trinajstić information content (AvgIpc) is 2.71. The fourth-order valence-corrected chi connectivity index (χ4v) is 2.05. The molecular weight excluding hydrogens is 274 g/mol. The van der Waals surface area contributed by atoms with Crippen molar-refractivity contribution >= 4 is 32.4 Å². The van der Waals surface area contributed by atoms with E-state index < -0.39 is 0 Å². The van der Waals surface area contributed by atoms with Gasteiger partial charge in [-0.15, -0.1) is 10.2 Å². The molecule has 0 spiro atoms. The van der Waals surface area contributed by atoms with Gasteiger partial charge in [0.25, 0.3) is 0 Å². The van der Waals surface area contributed by atoms with Crippen molar-refractivity contribution in [3.05, 3.63) is 39.8 Å². The highest BCUT2D eigenvalue weighted by atomic mass is 79.9. The van der Waals surface area contributed by atoms with Crippen molar-refractivity contribution in [3.8, 4) is 0 Å². The Hall–Kier alpha value is -0.940. The Morgan fingerprint density at radius 3 is 2.67 bits per heavy atom. The van der Waals surface area contributed by atoms with E-state index in [9.17, 15) is 0 Å². The number of rotatable bonds is 3. The highest BCUT2D eigenvalue weighted by Gasteiger charge is 2.06. The largest absolute Gasteiger partial charge is 0.354 e. The van der Waals surface area contributed by atoms with Gasteiger partial charge in [-0.25, -0.2) is 0 Å². The number of aromatic nitrogens is 2. The van der Waals surface area contributed by atoms with Gasteiger partial charge in [-0.2, -0.15) is 0 Å². The van der Waals surface area contributed by atoms with Crippen LogP contribution in [0.2, 0.25) is 0 Å². The van der Waals surface area contributed by atoms with E-state index in [1.54, 1.807) is 5.51 Å². The van der Waals surface area contributed by atoms with Crippen LogP contribution in [0, 0.1) is 0 Å². The third-order valence-corrected chi connectivity index (χ3v) is 3.22. The lowest BCUT2D eigenvalue weighted by Crippen LogP contribution is -2.05. The number of nitrogens with zero attached hydrogens (tertiary/aromatic N) is 2. The van der Waals surface area contributed by atoms with Crippen molar-refractivity contribution in [2.45, 2.75) is 13.0 Å². The predicted octanol–water partition coefficient (Wildman–Crippen LogP) is 3.47. The van der Waals surface area contributed by atoms with E-state index in [4.69, 9.17) is 0 Å². The Kier molecular flexibility index (Phi) is 3.33. The second-order valence-corrected chi connectivity index (χ2v) is 4.91. The van der Waals surface area contributed by atoms with Crippen LogP contribution in [0.1, 0.15) is 18.5 Å². The highest BCUT2D eigenvalue weighted by Crippen LogP contribution is 2.21. The number of benzene rings is 1. The average molecular weight is 284 g/mol. The second kappa shape index (κ2) is 4.72. The summed E-state index contributed by atoms with van der Waals surface area (Å²) in [5.41, 5.74) is 2.95. The van der Waals surface area contributed by atoms with Crippen LogP contribution >= 0.6 is 27.3 Å². The van der Waals surface area contributed by atoms with Crippen molar-refractivity contribution in [2.75, 3.05) is 5.32 Å². The number of nitrogens with one attached hydrogen (secondary N) is 1. The van der Waals surface area contributed by atoms with Crippen molar-refractivity contribution < 1.29 is 0 Å². The molecule has 0 saturated carbocycles. The molecule has 0 saturated heterocycles. The van der Waals surface area contributed by atoms with Crippen molar-refractivity contribution in [3.63, 3.8) is 0 Å². The van der Waals surface area contributed by atoms with Gasteiger partial charge in [0.05, 0.1) is 6.04 Å². The summed E-state index contributed by atoms with van der Waals surface area (Å²) in [6, 6.07) is 8.48. The van der Waals surface area contributed by atoms with Crippen molar-refractivity contribution in [1.82, 2.24) is 10.2 Å². The molecule has 1 atom stereocenters. The molecule has 0 bridgehead atoms. The Bertz CT molecular complexity index is 413. The zero-order chi connectivity index (χ0) is 10.7. The molecule has 1 unspecified atom stereocenters. The molecule has 2 rings (SSSR count). The van der Waals surface area contributed by atoms with Gasteiger partial charge in [0.1, 0.15) is 5.51 Å². The number of anilines is 1. The molecule has 0 aliphatic rings. The Morgan fingerprint density at radius 1 is 1.33 bits per heavy atom. The van der Waals surface area contributed by atoms with E-state index in [1.165, 1.54) is 16.9 Å². The standard InChI is InChI=1S/C10H10BrN3S/c1-7(13-10-14-12-6-15-10)8-2-4-9(11)5-3-8/h2-7H,1H3,(H,13,14).